The van der Waals surface area contributed by atoms with Crippen molar-refractivity contribution in [3.8, 4) is 0 Å². The molecule has 1 atom stereocenters. The molecule has 1 aliphatic heterocycles. The molecule has 3 N–H and O–H groups in total. The van der Waals surface area contributed by atoms with Crippen LogP contribution in [0.15, 0.2) is 10.9 Å². The number of piperidine rings is 1. The Kier molecular flexibility index (Phi) is 4.68. The first-order chi connectivity index (χ1) is 12.2. The second-order valence-electron chi connectivity index (χ2n) is 7.81. The van der Waals surface area contributed by atoms with Crippen LogP contribution in [-0.4, -0.2) is 39.3 Å². The summed E-state index contributed by atoms with van der Waals surface area (Å²) in [6, 6.07) is 2.02. The molecule has 3 heterocycles. The second kappa shape index (κ2) is 6.66. The van der Waals surface area contributed by atoms with Gasteiger partial charge in [0.15, 0.2) is 5.65 Å². The zero-order chi connectivity index (χ0) is 19.1. The van der Waals surface area contributed by atoms with E-state index in [9.17, 15) is 9.59 Å². The minimum absolute atomic E-state index is 0.163. The van der Waals surface area contributed by atoms with Crippen molar-refractivity contribution < 1.29 is 9.53 Å². The first-order valence-corrected chi connectivity index (χ1v) is 8.96. The molecule has 1 unspecified atom stereocenters. The average molecular weight is 361 g/mol. The number of rotatable bonds is 4. The third kappa shape index (κ3) is 3.68. The number of amides is 1. The van der Waals surface area contributed by atoms with Crippen LogP contribution in [0.3, 0.4) is 0 Å². The first-order valence-electron chi connectivity index (χ1n) is 8.96. The number of primary amides is 1. The maximum absolute atomic E-state index is 12.0. The number of hydrogen-bond acceptors (Lipinski definition) is 5. The number of aromatic nitrogens is 3. The van der Waals surface area contributed by atoms with Crippen LogP contribution < -0.4 is 16.3 Å². The van der Waals surface area contributed by atoms with Gasteiger partial charge in [0, 0.05) is 25.8 Å². The van der Waals surface area contributed by atoms with Crippen molar-refractivity contribution in [2.24, 2.45) is 18.7 Å². The highest BCUT2D eigenvalue weighted by molar-refractivity contribution is 5.86. The van der Waals surface area contributed by atoms with Crippen LogP contribution in [0.4, 0.5) is 10.5 Å². The molecule has 1 fully saturated rings. The number of pyridine rings is 1. The van der Waals surface area contributed by atoms with Gasteiger partial charge >= 0.3 is 11.8 Å². The zero-order valence-electron chi connectivity index (χ0n) is 15.8. The number of aryl methyl sites for hydroxylation is 2. The molecule has 142 valence electrons. The largest absolute Gasteiger partial charge is 0.444 e. The molecule has 0 aliphatic carbocycles. The molecule has 26 heavy (non-hydrogen) atoms. The highest BCUT2D eigenvalue weighted by atomic mass is 16.6. The van der Waals surface area contributed by atoms with Gasteiger partial charge in [-0.25, -0.2) is 14.6 Å². The van der Waals surface area contributed by atoms with Crippen molar-refractivity contribution in [3.05, 3.63) is 22.2 Å². The maximum Gasteiger partial charge on any atom is 0.405 e. The van der Waals surface area contributed by atoms with Gasteiger partial charge in [0.2, 0.25) is 0 Å². The smallest absolute Gasteiger partial charge is 0.405 e. The van der Waals surface area contributed by atoms with E-state index in [1.54, 1.807) is 7.05 Å². The monoisotopic (exact) mass is 361 g/mol. The van der Waals surface area contributed by atoms with Gasteiger partial charge in [0.05, 0.1) is 5.69 Å². The number of carbonyl (C=O) groups is 1. The lowest BCUT2D eigenvalue weighted by Gasteiger charge is -2.37. The van der Waals surface area contributed by atoms with E-state index in [1.165, 1.54) is 4.57 Å². The zero-order valence-corrected chi connectivity index (χ0v) is 15.8. The third-order valence-electron chi connectivity index (χ3n) is 4.98. The van der Waals surface area contributed by atoms with E-state index in [2.05, 4.69) is 14.9 Å². The van der Waals surface area contributed by atoms with Gasteiger partial charge in [-0.15, -0.1) is 0 Å². The van der Waals surface area contributed by atoms with Gasteiger partial charge in [0.1, 0.15) is 11.1 Å². The van der Waals surface area contributed by atoms with Crippen LogP contribution in [0.1, 0.15) is 38.8 Å². The normalized spacial score (nSPS) is 18.3. The van der Waals surface area contributed by atoms with Crippen molar-refractivity contribution in [2.75, 3.05) is 18.0 Å². The number of hydrogen-bond donors (Lipinski definition) is 2. The molecule has 0 aromatic carbocycles. The van der Waals surface area contributed by atoms with Crippen molar-refractivity contribution in [1.82, 2.24) is 14.5 Å². The van der Waals surface area contributed by atoms with E-state index >= 15 is 0 Å². The number of fused-ring (bicyclic) bond motifs is 1. The van der Waals surface area contributed by atoms with Crippen LogP contribution in [0.5, 0.6) is 0 Å². The van der Waals surface area contributed by atoms with Crippen molar-refractivity contribution in [2.45, 2.75) is 45.6 Å². The number of nitrogens with one attached hydrogen (secondary N) is 1. The molecule has 8 nitrogen and oxygen atoms in total. The summed E-state index contributed by atoms with van der Waals surface area (Å²) in [4.78, 5) is 32.9. The van der Waals surface area contributed by atoms with Crippen molar-refractivity contribution in [1.29, 1.82) is 0 Å². The van der Waals surface area contributed by atoms with Gasteiger partial charge in [-0.2, -0.15) is 0 Å². The third-order valence-corrected chi connectivity index (χ3v) is 4.98. The summed E-state index contributed by atoms with van der Waals surface area (Å²) >= 11 is 0. The number of anilines is 1. The summed E-state index contributed by atoms with van der Waals surface area (Å²) in [6.07, 6.45) is 2.11. The van der Waals surface area contributed by atoms with Crippen molar-refractivity contribution >= 4 is 22.9 Å². The fraction of sp³-hybridized carbons (Fsp3) is 0.611. The van der Waals surface area contributed by atoms with E-state index in [0.29, 0.717) is 11.6 Å². The van der Waals surface area contributed by atoms with Crippen LogP contribution >= 0.6 is 0 Å². The van der Waals surface area contributed by atoms with E-state index in [1.807, 2.05) is 26.8 Å². The lowest BCUT2D eigenvalue weighted by molar-refractivity contribution is 0.0248. The standard InChI is InChI=1S/C18H27N5O3/c1-11-8-13(14-15(20-11)22(4)17(25)21-14)23-7-5-6-12(10-23)9-18(2,3)26-16(19)24/h8,12H,5-7,9-10H2,1-4H3,(H2,19,24)(H,21,25). The molecule has 1 saturated heterocycles. The van der Waals surface area contributed by atoms with E-state index in [0.717, 1.165) is 49.2 Å². The van der Waals surface area contributed by atoms with Gasteiger partial charge < -0.3 is 20.4 Å². The van der Waals surface area contributed by atoms with Crippen LogP contribution in [-0.2, 0) is 11.8 Å². The van der Waals surface area contributed by atoms with Gasteiger partial charge in [-0.3, -0.25) is 4.57 Å². The Morgan fingerprint density at radius 2 is 2.23 bits per heavy atom. The lowest BCUT2D eigenvalue weighted by Crippen LogP contribution is -2.40. The molecule has 1 amide bonds. The summed E-state index contributed by atoms with van der Waals surface area (Å²) in [5.74, 6) is 0.372. The van der Waals surface area contributed by atoms with Crippen LogP contribution in [0, 0.1) is 12.8 Å². The highest BCUT2D eigenvalue weighted by Gasteiger charge is 2.30. The number of imidazole rings is 1. The predicted octanol–water partition coefficient (Wildman–Crippen LogP) is 2.05. The fourth-order valence-corrected chi connectivity index (χ4v) is 4.00. The van der Waals surface area contributed by atoms with Crippen LogP contribution in [0.2, 0.25) is 0 Å². The van der Waals surface area contributed by atoms with Crippen molar-refractivity contribution in [3.63, 3.8) is 0 Å². The Bertz CT molecular complexity index is 883. The SMILES string of the molecule is Cc1cc(N2CCCC(CC(C)(C)OC(N)=O)C2)c2[nH]c(=O)n(C)c2n1. The van der Waals surface area contributed by atoms with Gasteiger partial charge in [0.25, 0.3) is 0 Å². The second-order valence-corrected chi connectivity index (χ2v) is 7.81. The summed E-state index contributed by atoms with van der Waals surface area (Å²) in [5, 5.41) is 0. The number of carbonyl (C=O) groups excluding carboxylic acids is 1. The summed E-state index contributed by atoms with van der Waals surface area (Å²) in [7, 11) is 1.72. The fourth-order valence-electron chi connectivity index (χ4n) is 4.00. The Morgan fingerprint density at radius 1 is 1.50 bits per heavy atom. The number of ether oxygens (including phenoxy) is 1. The molecular weight excluding hydrogens is 334 g/mol. The summed E-state index contributed by atoms with van der Waals surface area (Å²) < 4.78 is 6.79. The first kappa shape index (κ1) is 18.3. The Hall–Kier alpha value is -2.51. The van der Waals surface area contributed by atoms with Crippen LogP contribution in [0.25, 0.3) is 11.2 Å². The molecular formula is C18H27N5O3. The maximum atomic E-state index is 12.0. The average Bonchev–Trinajstić information content (AvgIpc) is 2.80. The van der Waals surface area contributed by atoms with Gasteiger partial charge in [-0.05, 0) is 52.0 Å². The Morgan fingerprint density at radius 3 is 2.92 bits per heavy atom. The number of nitrogens with zero attached hydrogens (tertiary/aromatic N) is 3. The summed E-state index contributed by atoms with van der Waals surface area (Å²) in [5.41, 5.74) is 7.75. The minimum Gasteiger partial charge on any atom is -0.444 e. The molecule has 1 aliphatic rings. The molecule has 0 spiro atoms. The number of H-pyrrole nitrogens is 1. The number of nitrogens with two attached hydrogens (primary N) is 1. The summed E-state index contributed by atoms with van der Waals surface area (Å²) in [6.45, 7) is 7.47. The van der Waals surface area contributed by atoms with E-state index in [-0.39, 0.29) is 5.69 Å². The molecule has 2 aromatic heterocycles. The van der Waals surface area contributed by atoms with E-state index in [4.69, 9.17) is 10.5 Å². The quantitative estimate of drug-likeness (QED) is 0.867. The molecule has 0 saturated carbocycles. The molecule has 2 aromatic rings. The van der Waals surface area contributed by atoms with E-state index < -0.39 is 11.7 Å². The van der Waals surface area contributed by atoms with Gasteiger partial charge in [-0.1, -0.05) is 0 Å². The molecule has 3 rings (SSSR count). The highest BCUT2D eigenvalue weighted by Crippen LogP contribution is 2.32. The number of aromatic amines is 1. The molecule has 0 bridgehead atoms. The minimum atomic E-state index is -0.740. The topological polar surface area (TPSA) is 106 Å². The molecule has 0 radical (unpaired) electrons. The Balaban J connectivity index is 1.86. The predicted molar refractivity (Wildman–Crippen MR) is 100 cm³/mol. The Labute approximate surface area is 152 Å². The lowest BCUT2D eigenvalue weighted by atomic mass is 9.87. The molecule has 8 heteroatoms.